The van der Waals surface area contributed by atoms with Gasteiger partial charge in [0.1, 0.15) is 4.83 Å². The van der Waals surface area contributed by atoms with Gasteiger partial charge in [-0.25, -0.2) is 4.98 Å². The highest BCUT2D eigenvalue weighted by Crippen LogP contribution is 2.35. The van der Waals surface area contributed by atoms with Crippen molar-refractivity contribution in [2.75, 3.05) is 11.1 Å². The largest absolute Gasteiger partial charge is 0.331 e. The molecule has 3 N–H and O–H groups in total. The second-order valence-corrected chi connectivity index (χ2v) is 10.5. The number of aromatic nitrogens is 2. The molecule has 2 aromatic heterocycles. The Balaban J connectivity index is 1.35. The summed E-state index contributed by atoms with van der Waals surface area (Å²) in [6, 6.07) is 18.9. The molecule has 0 radical (unpaired) electrons. The van der Waals surface area contributed by atoms with E-state index in [9.17, 15) is 9.59 Å². The Morgan fingerprint density at radius 3 is 2.51 bits per heavy atom. The molecule has 7 nitrogen and oxygen atoms in total. The molecule has 0 atom stereocenters. The molecule has 1 aliphatic carbocycles. The summed E-state index contributed by atoms with van der Waals surface area (Å²) in [7, 11) is 0. The lowest BCUT2D eigenvalue weighted by Crippen LogP contribution is -2.44. The molecule has 35 heavy (non-hydrogen) atoms. The highest BCUT2D eigenvalue weighted by Gasteiger charge is 2.23. The maximum atomic E-state index is 13.7. The molecule has 2 heterocycles. The highest BCUT2D eigenvalue weighted by molar-refractivity contribution is 7.99. The molecule has 10 heteroatoms. The zero-order valence-electron chi connectivity index (χ0n) is 18.7. The van der Waals surface area contributed by atoms with E-state index in [0.29, 0.717) is 5.16 Å². The third-order valence-corrected chi connectivity index (χ3v) is 7.98. The van der Waals surface area contributed by atoms with Crippen molar-refractivity contribution in [2.24, 2.45) is 0 Å². The molecule has 4 aromatic rings. The van der Waals surface area contributed by atoms with Gasteiger partial charge in [0.05, 0.1) is 16.8 Å². The normalized spacial score (nSPS) is 12.7. The van der Waals surface area contributed by atoms with E-state index in [1.807, 2.05) is 60.7 Å². The lowest BCUT2D eigenvalue weighted by atomic mass is 9.97. The van der Waals surface area contributed by atoms with E-state index < -0.39 is 0 Å². The molecule has 0 bridgehead atoms. The molecule has 0 unspecified atom stereocenters. The fourth-order valence-corrected chi connectivity index (χ4v) is 6.35. The number of benzene rings is 2. The fraction of sp³-hybridized carbons (Fsp3) is 0.200. The van der Waals surface area contributed by atoms with Crippen LogP contribution in [-0.2, 0) is 17.6 Å². The predicted molar refractivity (Wildman–Crippen MR) is 147 cm³/mol. The molecular formula is C25H23N5O2S3. The molecule has 1 aliphatic rings. The van der Waals surface area contributed by atoms with Crippen LogP contribution in [0.15, 0.2) is 70.6 Å². The Bertz CT molecular complexity index is 1430. The summed E-state index contributed by atoms with van der Waals surface area (Å²) in [4.78, 5) is 33.1. The number of thiocarbonyl (C=S) groups is 1. The van der Waals surface area contributed by atoms with Gasteiger partial charge in [0.2, 0.25) is 5.91 Å². The van der Waals surface area contributed by atoms with Gasteiger partial charge in [-0.15, -0.1) is 11.3 Å². The van der Waals surface area contributed by atoms with Crippen LogP contribution in [0.5, 0.6) is 0 Å². The molecule has 1 amide bonds. The number of thiophene rings is 1. The molecule has 0 aliphatic heterocycles. The molecule has 5 rings (SSSR count). The van der Waals surface area contributed by atoms with Gasteiger partial charge in [0, 0.05) is 10.6 Å². The Morgan fingerprint density at radius 2 is 1.74 bits per heavy atom. The van der Waals surface area contributed by atoms with E-state index in [1.165, 1.54) is 16.6 Å². The Kier molecular flexibility index (Phi) is 7.12. The summed E-state index contributed by atoms with van der Waals surface area (Å²) in [5, 5.41) is 4.49. The minimum atomic E-state index is -0.286. The number of carbonyl (C=O) groups is 1. The minimum absolute atomic E-state index is 0.0663. The zero-order chi connectivity index (χ0) is 24.2. The smallest absolute Gasteiger partial charge is 0.267 e. The van der Waals surface area contributed by atoms with Crippen molar-refractivity contribution >= 4 is 62.2 Å². The van der Waals surface area contributed by atoms with E-state index in [-0.39, 0.29) is 22.3 Å². The first kappa shape index (κ1) is 23.5. The predicted octanol–water partition coefficient (Wildman–Crippen LogP) is 4.44. The number of carbonyl (C=O) groups excluding carboxylic acids is 1. The van der Waals surface area contributed by atoms with Crippen molar-refractivity contribution in [3.63, 3.8) is 0 Å². The third kappa shape index (κ3) is 5.24. The highest BCUT2D eigenvalue weighted by atomic mass is 32.2. The number of hydrazine groups is 1. The monoisotopic (exact) mass is 521 g/mol. The topological polar surface area (TPSA) is 88.0 Å². The minimum Gasteiger partial charge on any atom is -0.331 e. The summed E-state index contributed by atoms with van der Waals surface area (Å²) >= 11 is 8.06. The van der Waals surface area contributed by atoms with Crippen molar-refractivity contribution in [1.82, 2.24) is 20.4 Å². The number of rotatable bonds is 5. The Morgan fingerprint density at radius 1 is 1.03 bits per heavy atom. The Hall–Kier alpha value is -3.21. The molecule has 178 valence electrons. The average Bonchev–Trinajstić information content (AvgIpc) is 3.26. The summed E-state index contributed by atoms with van der Waals surface area (Å²) in [5.41, 5.74) is 7.93. The number of amides is 1. The van der Waals surface area contributed by atoms with Crippen molar-refractivity contribution in [1.29, 1.82) is 0 Å². The van der Waals surface area contributed by atoms with Crippen LogP contribution in [0.1, 0.15) is 23.3 Å². The van der Waals surface area contributed by atoms with E-state index >= 15 is 0 Å². The first-order valence-electron chi connectivity index (χ1n) is 11.3. The summed E-state index contributed by atoms with van der Waals surface area (Å²) in [6.45, 7) is 0. The van der Waals surface area contributed by atoms with Gasteiger partial charge in [0.25, 0.3) is 5.56 Å². The molecule has 2 aromatic carbocycles. The van der Waals surface area contributed by atoms with E-state index in [1.54, 1.807) is 15.9 Å². The van der Waals surface area contributed by atoms with Crippen molar-refractivity contribution in [3.8, 4) is 5.69 Å². The van der Waals surface area contributed by atoms with Gasteiger partial charge >= 0.3 is 0 Å². The number of hydrogen-bond acceptors (Lipinski definition) is 6. The van der Waals surface area contributed by atoms with Gasteiger partial charge in [-0.05, 0) is 67.7 Å². The maximum absolute atomic E-state index is 13.7. The van der Waals surface area contributed by atoms with Crippen LogP contribution in [0.4, 0.5) is 5.69 Å². The van der Waals surface area contributed by atoms with Crippen LogP contribution < -0.4 is 21.7 Å². The maximum Gasteiger partial charge on any atom is 0.267 e. The average molecular weight is 522 g/mol. The van der Waals surface area contributed by atoms with Crippen molar-refractivity contribution in [3.05, 3.63) is 81.5 Å². The number of para-hydroxylation sites is 2. The molecular weight excluding hydrogens is 499 g/mol. The number of hydrogen-bond donors (Lipinski definition) is 3. The van der Waals surface area contributed by atoms with Crippen LogP contribution >= 0.6 is 35.3 Å². The molecule has 0 saturated heterocycles. The lowest BCUT2D eigenvalue weighted by Gasteiger charge is -2.14. The SMILES string of the molecule is O=C(CSc1nc2sc3c(c2c(=O)n1-c1ccccc1)CCCC3)NNC(=S)Nc1ccccc1. The van der Waals surface area contributed by atoms with Crippen LogP contribution in [0.2, 0.25) is 0 Å². The summed E-state index contributed by atoms with van der Waals surface area (Å²) in [5.74, 6) is -0.219. The van der Waals surface area contributed by atoms with Gasteiger partial charge in [0.15, 0.2) is 10.3 Å². The number of thioether (sulfide) groups is 1. The van der Waals surface area contributed by atoms with Gasteiger partial charge < -0.3 is 5.32 Å². The number of anilines is 1. The van der Waals surface area contributed by atoms with Crippen LogP contribution in [-0.4, -0.2) is 26.3 Å². The van der Waals surface area contributed by atoms with Gasteiger partial charge in [-0.2, -0.15) is 0 Å². The van der Waals surface area contributed by atoms with Crippen LogP contribution in [0.25, 0.3) is 15.9 Å². The molecule has 0 spiro atoms. The van der Waals surface area contributed by atoms with E-state index in [0.717, 1.165) is 52.8 Å². The van der Waals surface area contributed by atoms with E-state index in [2.05, 4.69) is 16.2 Å². The summed E-state index contributed by atoms with van der Waals surface area (Å²) in [6.07, 6.45) is 4.14. The van der Waals surface area contributed by atoms with Gasteiger partial charge in [-0.1, -0.05) is 48.2 Å². The second-order valence-electron chi connectivity index (χ2n) is 8.04. The van der Waals surface area contributed by atoms with Crippen molar-refractivity contribution < 1.29 is 4.79 Å². The standard InChI is InChI=1S/C25H23N5O2S3/c31-20(28-29-24(33)26-16-9-3-1-4-10-16)15-34-25-27-22-21(18-13-7-8-14-19(18)35-22)23(32)30(25)17-11-5-2-6-12-17/h1-6,9-12H,7-8,13-15H2,(H,28,31)(H2,26,29,33). The first-order chi connectivity index (χ1) is 17.1. The number of fused-ring (bicyclic) bond motifs is 3. The van der Waals surface area contributed by atoms with Crippen LogP contribution in [0, 0.1) is 0 Å². The van der Waals surface area contributed by atoms with Crippen molar-refractivity contribution in [2.45, 2.75) is 30.8 Å². The first-order valence-corrected chi connectivity index (χ1v) is 13.5. The Labute approximate surface area is 215 Å². The van der Waals surface area contributed by atoms with E-state index in [4.69, 9.17) is 17.2 Å². The van der Waals surface area contributed by atoms with Gasteiger partial charge in [-0.3, -0.25) is 25.0 Å². The summed E-state index contributed by atoms with van der Waals surface area (Å²) < 4.78 is 1.62. The molecule has 0 fully saturated rings. The number of aryl methyl sites for hydroxylation is 2. The zero-order valence-corrected chi connectivity index (χ0v) is 21.2. The quantitative estimate of drug-likeness (QED) is 0.155. The number of nitrogens with one attached hydrogen (secondary N) is 3. The fourth-order valence-electron chi connectivity index (χ4n) is 4.06. The second kappa shape index (κ2) is 10.6. The third-order valence-electron chi connectivity index (χ3n) is 5.65. The number of nitrogens with zero attached hydrogens (tertiary/aromatic N) is 2. The molecule has 0 saturated carbocycles. The lowest BCUT2D eigenvalue weighted by molar-refractivity contribution is -0.119. The van der Waals surface area contributed by atoms with Crippen LogP contribution in [0.3, 0.4) is 0 Å².